The molecule has 0 aromatic heterocycles. The first-order valence-corrected chi connectivity index (χ1v) is 12.0. The largest absolute Gasteiger partial charge is 0.449 e. The Labute approximate surface area is 213 Å². The van der Waals surface area contributed by atoms with Crippen LogP contribution in [0.5, 0.6) is 0 Å². The normalized spacial score (nSPS) is 13.8. The number of anilines is 1. The second-order valence-corrected chi connectivity index (χ2v) is 9.15. The highest BCUT2D eigenvalue weighted by molar-refractivity contribution is 6.34. The SMILES string of the molecule is CC[C@H](C)[C@H](NC(=O)OCC1c2ccccc2-c2ccccc21)C(=O)Nc1ccc([N+](=O)[O-])cc1Cl. The van der Waals surface area contributed by atoms with Gasteiger partial charge in [0.05, 0.1) is 15.6 Å². The zero-order valence-electron chi connectivity index (χ0n) is 19.9. The number of fused-ring (bicyclic) bond motifs is 3. The Morgan fingerprint density at radius 2 is 1.67 bits per heavy atom. The molecule has 2 amide bonds. The first kappa shape index (κ1) is 25.2. The van der Waals surface area contributed by atoms with Gasteiger partial charge < -0.3 is 15.4 Å². The summed E-state index contributed by atoms with van der Waals surface area (Å²) in [6.45, 7) is 3.87. The molecule has 3 aromatic carbocycles. The van der Waals surface area contributed by atoms with Crippen LogP contribution in [0.2, 0.25) is 5.02 Å². The summed E-state index contributed by atoms with van der Waals surface area (Å²) in [7, 11) is 0. The fraction of sp³-hybridized carbons (Fsp3) is 0.259. The number of non-ortho nitro benzene ring substituents is 1. The standard InChI is InChI=1S/C27H26ClN3O5/c1-3-16(2)25(26(32)29-24-13-12-17(31(34)35)14-23(24)28)30-27(33)36-15-22-20-10-6-4-8-18(20)19-9-5-7-11-21(19)22/h4-14,16,22,25H,3,15H2,1-2H3,(H,29,32)(H,30,33)/t16-,25-/m0/s1. The van der Waals surface area contributed by atoms with Crippen molar-refractivity contribution in [3.63, 3.8) is 0 Å². The minimum atomic E-state index is -0.892. The van der Waals surface area contributed by atoms with Crippen molar-refractivity contribution >= 4 is 35.0 Å². The summed E-state index contributed by atoms with van der Waals surface area (Å²) < 4.78 is 5.60. The predicted octanol–water partition coefficient (Wildman–Crippen LogP) is 6.14. The number of alkyl carbamates (subject to hydrolysis) is 1. The van der Waals surface area contributed by atoms with Gasteiger partial charge in [0.15, 0.2) is 0 Å². The van der Waals surface area contributed by atoms with Gasteiger partial charge in [0, 0.05) is 18.1 Å². The number of carbonyl (C=O) groups is 2. The van der Waals surface area contributed by atoms with Gasteiger partial charge in [-0.2, -0.15) is 0 Å². The van der Waals surface area contributed by atoms with E-state index < -0.39 is 23.0 Å². The van der Waals surface area contributed by atoms with E-state index in [1.807, 2.05) is 50.2 Å². The Bertz CT molecular complexity index is 1270. The lowest BCUT2D eigenvalue weighted by atomic mass is 9.98. The third-order valence-corrected chi connectivity index (χ3v) is 6.85. The fourth-order valence-electron chi connectivity index (χ4n) is 4.40. The number of rotatable bonds is 8. The monoisotopic (exact) mass is 507 g/mol. The maximum atomic E-state index is 13.0. The van der Waals surface area contributed by atoms with Crippen LogP contribution in [0.3, 0.4) is 0 Å². The molecule has 0 aliphatic heterocycles. The summed E-state index contributed by atoms with van der Waals surface area (Å²) in [5.74, 6) is -0.797. The molecule has 0 heterocycles. The summed E-state index contributed by atoms with van der Waals surface area (Å²) in [4.78, 5) is 36.2. The molecule has 186 valence electrons. The molecule has 3 aromatic rings. The Balaban J connectivity index is 1.44. The summed E-state index contributed by atoms with van der Waals surface area (Å²) in [6, 6.07) is 18.9. The highest BCUT2D eigenvalue weighted by Crippen LogP contribution is 2.44. The van der Waals surface area contributed by atoms with Gasteiger partial charge in [-0.3, -0.25) is 14.9 Å². The number of hydrogen-bond acceptors (Lipinski definition) is 5. The summed E-state index contributed by atoms with van der Waals surface area (Å²) in [6.07, 6.45) is -0.0810. The fourth-order valence-corrected chi connectivity index (χ4v) is 4.62. The van der Waals surface area contributed by atoms with E-state index in [1.165, 1.54) is 12.1 Å². The molecule has 1 aliphatic carbocycles. The molecule has 1 aliphatic rings. The molecule has 0 bridgehead atoms. The molecular weight excluding hydrogens is 482 g/mol. The van der Waals surface area contributed by atoms with Gasteiger partial charge in [-0.1, -0.05) is 80.4 Å². The number of carbonyl (C=O) groups excluding carboxylic acids is 2. The number of nitro benzene ring substituents is 1. The van der Waals surface area contributed by atoms with Crippen LogP contribution in [0.25, 0.3) is 11.1 Å². The zero-order valence-corrected chi connectivity index (χ0v) is 20.6. The van der Waals surface area contributed by atoms with Crippen molar-refractivity contribution in [2.45, 2.75) is 32.2 Å². The maximum absolute atomic E-state index is 13.0. The van der Waals surface area contributed by atoms with Crippen molar-refractivity contribution < 1.29 is 19.2 Å². The first-order chi connectivity index (χ1) is 17.3. The third-order valence-electron chi connectivity index (χ3n) is 6.53. The number of nitrogens with one attached hydrogen (secondary N) is 2. The van der Waals surface area contributed by atoms with Crippen molar-refractivity contribution in [1.82, 2.24) is 5.32 Å². The van der Waals surface area contributed by atoms with E-state index in [0.29, 0.717) is 6.42 Å². The Morgan fingerprint density at radius 1 is 1.06 bits per heavy atom. The van der Waals surface area contributed by atoms with Crippen molar-refractivity contribution in [1.29, 1.82) is 0 Å². The zero-order chi connectivity index (χ0) is 25.8. The summed E-state index contributed by atoms with van der Waals surface area (Å²) in [5, 5.41) is 16.3. The molecule has 8 nitrogen and oxygen atoms in total. The molecule has 2 atom stereocenters. The molecule has 0 fully saturated rings. The number of ether oxygens (including phenoxy) is 1. The van der Waals surface area contributed by atoms with Crippen LogP contribution in [-0.4, -0.2) is 29.6 Å². The van der Waals surface area contributed by atoms with Gasteiger partial charge in [-0.25, -0.2) is 4.79 Å². The molecule has 0 radical (unpaired) electrons. The molecule has 36 heavy (non-hydrogen) atoms. The van der Waals surface area contributed by atoms with E-state index in [9.17, 15) is 19.7 Å². The van der Waals surface area contributed by atoms with Gasteiger partial charge in [0.1, 0.15) is 12.6 Å². The molecule has 4 rings (SSSR count). The molecule has 0 unspecified atom stereocenters. The second kappa shape index (κ2) is 10.8. The number of benzene rings is 3. The number of nitrogens with zero attached hydrogens (tertiary/aromatic N) is 1. The molecule has 0 saturated carbocycles. The third kappa shape index (κ3) is 5.18. The highest BCUT2D eigenvalue weighted by Gasteiger charge is 2.31. The minimum Gasteiger partial charge on any atom is -0.449 e. The van der Waals surface area contributed by atoms with E-state index in [-0.39, 0.29) is 34.8 Å². The quantitative estimate of drug-likeness (QED) is 0.281. The highest BCUT2D eigenvalue weighted by atomic mass is 35.5. The van der Waals surface area contributed by atoms with Crippen molar-refractivity contribution in [3.8, 4) is 11.1 Å². The van der Waals surface area contributed by atoms with Crippen molar-refractivity contribution in [2.24, 2.45) is 5.92 Å². The van der Waals surface area contributed by atoms with Gasteiger partial charge in [0.2, 0.25) is 5.91 Å². The number of hydrogen-bond donors (Lipinski definition) is 2. The van der Waals surface area contributed by atoms with E-state index in [4.69, 9.17) is 16.3 Å². The van der Waals surface area contributed by atoms with Crippen molar-refractivity contribution in [3.05, 3.63) is 93.0 Å². The van der Waals surface area contributed by atoms with Crippen LogP contribution < -0.4 is 10.6 Å². The second-order valence-electron chi connectivity index (χ2n) is 8.74. The lowest BCUT2D eigenvalue weighted by molar-refractivity contribution is -0.384. The summed E-state index contributed by atoms with van der Waals surface area (Å²) in [5.41, 5.74) is 4.46. The smallest absolute Gasteiger partial charge is 0.407 e. The number of nitro groups is 1. The molecular formula is C27H26ClN3O5. The van der Waals surface area contributed by atoms with Crippen LogP contribution >= 0.6 is 11.6 Å². The Morgan fingerprint density at radius 3 is 2.22 bits per heavy atom. The van der Waals surface area contributed by atoms with Crippen LogP contribution in [-0.2, 0) is 9.53 Å². The first-order valence-electron chi connectivity index (χ1n) is 11.7. The van der Waals surface area contributed by atoms with Crippen LogP contribution in [0.15, 0.2) is 66.7 Å². The van der Waals surface area contributed by atoms with E-state index in [0.717, 1.165) is 28.3 Å². The van der Waals surface area contributed by atoms with Gasteiger partial charge >= 0.3 is 6.09 Å². The van der Waals surface area contributed by atoms with E-state index in [1.54, 1.807) is 0 Å². The molecule has 0 saturated heterocycles. The number of halogens is 1. The van der Waals surface area contributed by atoms with Crippen LogP contribution in [0, 0.1) is 16.0 Å². The Kier molecular flexibility index (Phi) is 7.55. The molecule has 2 N–H and O–H groups in total. The molecule has 9 heteroatoms. The molecule has 0 spiro atoms. The summed E-state index contributed by atoms with van der Waals surface area (Å²) >= 11 is 6.12. The Hall–Kier alpha value is -3.91. The van der Waals surface area contributed by atoms with Gasteiger partial charge in [0.25, 0.3) is 5.69 Å². The van der Waals surface area contributed by atoms with Gasteiger partial charge in [-0.05, 0) is 34.2 Å². The minimum absolute atomic E-state index is 0.0293. The predicted molar refractivity (Wildman–Crippen MR) is 138 cm³/mol. The average molecular weight is 508 g/mol. The van der Waals surface area contributed by atoms with Crippen LogP contribution in [0.1, 0.15) is 37.3 Å². The van der Waals surface area contributed by atoms with Crippen LogP contribution in [0.4, 0.5) is 16.2 Å². The lowest BCUT2D eigenvalue weighted by Crippen LogP contribution is -2.48. The average Bonchev–Trinajstić information content (AvgIpc) is 3.20. The lowest BCUT2D eigenvalue weighted by Gasteiger charge is -2.24. The van der Waals surface area contributed by atoms with E-state index in [2.05, 4.69) is 22.8 Å². The van der Waals surface area contributed by atoms with E-state index >= 15 is 0 Å². The van der Waals surface area contributed by atoms with Gasteiger partial charge in [-0.15, -0.1) is 0 Å². The van der Waals surface area contributed by atoms with Crippen molar-refractivity contribution in [2.75, 3.05) is 11.9 Å². The maximum Gasteiger partial charge on any atom is 0.407 e. The topological polar surface area (TPSA) is 111 Å². The number of amides is 2.